The van der Waals surface area contributed by atoms with Crippen molar-refractivity contribution in [3.63, 3.8) is 0 Å². The Hall–Kier alpha value is -3.47. The Morgan fingerprint density at radius 3 is 2.08 bits per heavy atom. The summed E-state index contributed by atoms with van der Waals surface area (Å²) in [7, 11) is 0. The van der Waals surface area contributed by atoms with Crippen molar-refractivity contribution in [3.8, 4) is 0 Å². The van der Waals surface area contributed by atoms with Crippen LogP contribution in [-0.4, -0.2) is 30.9 Å². The Labute approximate surface area is 142 Å². The van der Waals surface area contributed by atoms with Crippen LogP contribution in [0, 0.1) is 5.92 Å². The van der Waals surface area contributed by atoms with Gasteiger partial charge in [-0.2, -0.15) is 0 Å². The summed E-state index contributed by atoms with van der Waals surface area (Å²) in [6.07, 6.45) is 10.0. The molecule has 0 saturated heterocycles. The molecule has 0 spiro atoms. The molecule has 4 aliphatic carbocycles. The molecule has 1 atom stereocenters. The summed E-state index contributed by atoms with van der Waals surface area (Å²) in [5.74, 6) is -0.912. The molecule has 0 aliphatic heterocycles. The molecule has 0 amide bonds. The number of ketones is 1. The first-order valence-corrected chi connectivity index (χ1v) is 7.57. The van der Waals surface area contributed by atoms with E-state index in [2.05, 4.69) is 0 Å². The molecule has 0 bridgehead atoms. The van der Waals surface area contributed by atoms with E-state index < -0.39 is 11.7 Å². The predicted octanol–water partition coefficient (Wildman–Crippen LogP) is 1.25. The van der Waals surface area contributed by atoms with Crippen LogP contribution in [0.25, 0.3) is 0 Å². The van der Waals surface area contributed by atoms with Crippen LogP contribution in [-0.2, 0) is 24.0 Å². The molecule has 0 aromatic carbocycles. The molecule has 0 radical (unpaired) electrons. The Balaban J connectivity index is 2.22. The maximum atomic E-state index is 12.5. The van der Waals surface area contributed by atoms with Gasteiger partial charge in [0.25, 0.3) is 0 Å². The number of rotatable bonds is 4. The highest BCUT2D eigenvalue weighted by Crippen LogP contribution is 2.52. The molecular weight excluding hydrogens is 320 g/mol. The molecule has 5 nitrogen and oxygen atoms in total. The molecular formula is C20H10O5. The number of aldehydes is 4. The quantitative estimate of drug-likeness (QED) is 0.724. The van der Waals surface area contributed by atoms with Crippen LogP contribution < -0.4 is 0 Å². The van der Waals surface area contributed by atoms with Gasteiger partial charge in [-0.3, -0.25) is 24.0 Å². The first-order chi connectivity index (χ1) is 12.2. The van der Waals surface area contributed by atoms with Crippen molar-refractivity contribution in [1.82, 2.24) is 0 Å². The van der Waals surface area contributed by atoms with Gasteiger partial charge in [-0.25, -0.2) is 0 Å². The second-order valence-corrected chi connectivity index (χ2v) is 5.90. The fourth-order valence-corrected chi connectivity index (χ4v) is 3.93. The van der Waals surface area contributed by atoms with Gasteiger partial charge in [0.2, 0.25) is 0 Å². The molecule has 0 fully saturated rings. The molecule has 0 aromatic rings. The largest absolute Gasteiger partial charge is 0.298 e. The second kappa shape index (κ2) is 5.27. The number of allylic oxidation sites excluding steroid dienone is 14. The molecule has 1 unspecified atom stereocenters. The summed E-state index contributed by atoms with van der Waals surface area (Å²) in [6.45, 7) is 0. The van der Waals surface area contributed by atoms with Gasteiger partial charge in [-0.15, -0.1) is 0 Å². The van der Waals surface area contributed by atoms with Crippen molar-refractivity contribution in [2.45, 2.75) is 0 Å². The van der Waals surface area contributed by atoms with E-state index in [9.17, 15) is 24.0 Å². The van der Waals surface area contributed by atoms with Gasteiger partial charge in [0.15, 0.2) is 30.9 Å². The fourth-order valence-electron chi connectivity index (χ4n) is 3.93. The summed E-state index contributed by atoms with van der Waals surface area (Å²) < 4.78 is 0. The fraction of sp³-hybridized carbons (Fsp3) is 0.0500. The van der Waals surface area contributed by atoms with Crippen LogP contribution in [0.4, 0.5) is 0 Å². The predicted molar refractivity (Wildman–Crippen MR) is 87.2 cm³/mol. The molecule has 0 heterocycles. The summed E-state index contributed by atoms with van der Waals surface area (Å²) in [4.78, 5) is 59.1. The number of hydrogen-bond acceptors (Lipinski definition) is 5. The van der Waals surface area contributed by atoms with Gasteiger partial charge in [-0.1, -0.05) is 24.3 Å². The smallest absolute Gasteiger partial charge is 0.186 e. The maximum Gasteiger partial charge on any atom is 0.186 e. The summed E-state index contributed by atoms with van der Waals surface area (Å²) in [5.41, 5.74) is 2.79. The first kappa shape index (κ1) is 15.1. The van der Waals surface area contributed by atoms with E-state index in [0.29, 0.717) is 47.4 Å². The zero-order valence-corrected chi connectivity index (χ0v) is 12.8. The zero-order valence-electron chi connectivity index (χ0n) is 12.8. The van der Waals surface area contributed by atoms with E-state index >= 15 is 0 Å². The Bertz CT molecular complexity index is 1020. The van der Waals surface area contributed by atoms with Crippen LogP contribution in [0.5, 0.6) is 0 Å². The van der Waals surface area contributed by atoms with Gasteiger partial charge >= 0.3 is 0 Å². The van der Waals surface area contributed by atoms with Crippen LogP contribution in [0.15, 0.2) is 80.5 Å². The van der Waals surface area contributed by atoms with Gasteiger partial charge in [0.1, 0.15) is 0 Å². The van der Waals surface area contributed by atoms with Crippen LogP contribution in [0.3, 0.4) is 0 Å². The molecule has 0 saturated carbocycles. The highest BCUT2D eigenvalue weighted by Gasteiger charge is 2.43. The Morgan fingerprint density at radius 1 is 0.760 bits per heavy atom. The van der Waals surface area contributed by atoms with E-state index in [-0.39, 0.29) is 27.9 Å². The van der Waals surface area contributed by atoms with Gasteiger partial charge < -0.3 is 0 Å². The van der Waals surface area contributed by atoms with Crippen molar-refractivity contribution in [2.75, 3.05) is 0 Å². The highest BCUT2D eigenvalue weighted by molar-refractivity contribution is 6.19. The summed E-state index contributed by atoms with van der Waals surface area (Å²) >= 11 is 0. The molecule has 120 valence electrons. The Kier molecular flexibility index (Phi) is 3.18. The second-order valence-electron chi connectivity index (χ2n) is 5.90. The van der Waals surface area contributed by atoms with Crippen LogP contribution in [0.2, 0.25) is 0 Å². The number of carbonyl (C=O) groups is 5. The van der Waals surface area contributed by atoms with Crippen molar-refractivity contribution in [2.24, 2.45) is 5.92 Å². The lowest BCUT2D eigenvalue weighted by atomic mass is 9.62. The van der Waals surface area contributed by atoms with Crippen molar-refractivity contribution in [3.05, 3.63) is 80.5 Å². The normalized spacial score (nSPS) is 23.6. The summed E-state index contributed by atoms with van der Waals surface area (Å²) in [6, 6.07) is 0. The maximum absolute atomic E-state index is 12.5. The molecule has 5 heteroatoms. The molecule has 0 N–H and O–H groups in total. The average molecular weight is 330 g/mol. The highest BCUT2D eigenvalue weighted by atomic mass is 16.1. The minimum absolute atomic E-state index is 0.0220. The SMILES string of the molecule is O=CC1=C(C=O)C2=C3C(=C(C=O)C(C=O)=C4C=CC=C1C43)C=CC2=O. The molecule has 25 heavy (non-hydrogen) atoms. The standard InChI is InChI=1S/C20H10O5/c21-6-13-10-2-1-3-11-15(8-23)16(9-24)19-17(25)5-4-12(14(13)7-22)20(19)18(10)11/h1-9,18H. The number of hydrogen-bond donors (Lipinski definition) is 0. The third-order valence-electron chi connectivity index (χ3n) is 4.90. The molecule has 4 aliphatic rings. The molecule has 0 aromatic heterocycles. The third-order valence-corrected chi connectivity index (χ3v) is 4.90. The number of carbonyl (C=O) groups excluding carboxylic acids is 5. The topological polar surface area (TPSA) is 85.3 Å². The lowest BCUT2D eigenvalue weighted by Crippen LogP contribution is -2.31. The third kappa shape index (κ3) is 1.75. The minimum atomic E-state index is -0.517. The first-order valence-electron chi connectivity index (χ1n) is 7.57. The lowest BCUT2D eigenvalue weighted by molar-refractivity contribution is -0.112. The zero-order chi connectivity index (χ0) is 17.7. The Morgan fingerprint density at radius 2 is 1.44 bits per heavy atom. The van der Waals surface area contributed by atoms with E-state index in [1.807, 2.05) is 0 Å². The monoisotopic (exact) mass is 330 g/mol. The van der Waals surface area contributed by atoms with E-state index in [4.69, 9.17) is 0 Å². The van der Waals surface area contributed by atoms with Crippen molar-refractivity contribution < 1.29 is 24.0 Å². The molecule has 4 rings (SSSR count). The van der Waals surface area contributed by atoms with Crippen molar-refractivity contribution >= 4 is 30.9 Å². The average Bonchev–Trinajstić information content (AvgIpc) is 2.65. The van der Waals surface area contributed by atoms with Crippen LogP contribution >= 0.6 is 0 Å². The minimum Gasteiger partial charge on any atom is -0.298 e. The van der Waals surface area contributed by atoms with E-state index in [1.54, 1.807) is 18.2 Å². The van der Waals surface area contributed by atoms with Crippen molar-refractivity contribution in [1.29, 1.82) is 0 Å². The van der Waals surface area contributed by atoms with Gasteiger partial charge in [0, 0.05) is 33.8 Å². The summed E-state index contributed by atoms with van der Waals surface area (Å²) in [5, 5.41) is 0. The van der Waals surface area contributed by atoms with E-state index in [0.717, 1.165) is 0 Å². The van der Waals surface area contributed by atoms with Gasteiger partial charge in [0.05, 0.1) is 0 Å². The van der Waals surface area contributed by atoms with Crippen LogP contribution in [0.1, 0.15) is 0 Å². The van der Waals surface area contributed by atoms with E-state index in [1.165, 1.54) is 12.2 Å². The lowest BCUT2D eigenvalue weighted by Gasteiger charge is -2.39. The van der Waals surface area contributed by atoms with Gasteiger partial charge in [-0.05, 0) is 28.4 Å².